The molecule has 0 saturated heterocycles. The van der Waals surface area contributed by atoms with E-state index in [-0.39, 0.29) is 0 Å². The standard InChI is InChI=1S/C47H30ClN/c48-33-27-25-32(26-28-33)36-29-30-43-45(46(36)49(34-15-2-1-3-16-34)44-24-12-14-31-13-4-5-17-35(31)44)39-20-8-11-23-42(39)47(43)40-21-9-6-18-37(40)38-19-7-10-22-41(38)47/h1-30H. The average molecular weight is 644 g/mol. The first-order chi connectivity index (χ1) is 24.2. The van der Waals surface area contributed by atoms with Crippen LogP contribution in [0, 0.1) is 0 Å². The molecule has 2 heteroatoms. The second kappa shape index (κ2) is 10.8. The molecule has 49 heavy (non-hydrogen) atoms. The fourth-order valence-electron chi connectivity index (χ4n) is 8.63. The van der Waals surface area contributed by atoms with Gasteiger partial charge in [-0.3, -0.25) is 0 Å². The first-order valence-corrected chi connectivity index (χ1v) is 17.2. The predicted molar refractivity (Wildman–Crippen MR) is 205 cm³/mol. The topological polar surface area (TPSA) is 3.24 Å². The number of benzene rings is 8. The molecule has 0 heterocycles. The van der Waals surface area contributed by atoms with Crippen LogP contribution in [-0.4, -0.2) is 0 Å². The van der Waals surface area contributed by atoms with Crippen molar-refractivity contribution in [2.24, 2.45) is 0 Å². The highest BCUT2D eigenvalue weighted by atomic mass is 35.5. The lowest BCUT2D eigenvalue weighted by atomic mass is 9.70. The van der Waals surface area contributed by atoms with Crippen LogP contribution in [0.1, 0.15) is 22.3 Å². The summed E-state index contributed by atoms with van der Waals surface area (Å²) in [6.07, 6.45) is 0. The average Bonchev–Trinajstić information content (AvgIpc) is 3.64. The number of hydrogen-bond donors (Lipinski definition) is 0. The number of rotatable bonds is 4. The van der Waals surface area contributed by atoms with Crippen LogP contribution in [0.3, 0.4) is 0 Å². The van der Waals surface area contributed by atoms with Crippen molar-refractivity contribution in [1.29, 1.82) is 0 Å². The molecule has 0 aliphatic heterocycles. The van der Waals surface area contributed by atoms with Gasteiger partial charge in [-0.1, -0.05) is 163 Å². The highest BCUT2D eigenvalue weighted by Gasteiger charge is 2.52. The largest absolute Gasteiger partial charge is 0.309 e. The van der Waals surface area contributed by atoms with Crippen molar-refractivity contribution in [3.05, 3.63) is 209 Å². The van der Waals surface area contributed by atoms with Crippen LogP contribution in [0.15, 0.2) is 182 Å². The molecule has 0 amide bonds. The molecule has 0 atom stereocenters. The van der Waals surface area contributed by atoms with Gasteiger partial charge in [-0.2, -0.15) is 0 Å². The third-order valence-electron chi connectivity index (χ3n) is 10.5. The van der Waals surface area contributed by atoms with Crippen LogP contribution in [-0.2, 0) is 5.41 Å². The highest BCUT2D eigenvalue weighted by molar-refractivity contribution is 6.30. The summed E-state index contributed by atoms with van der Waals surface area (Å²) in [6.45, 7) is 0. The van der Waals surface area contributed by atoms with Crippen LogP contribution in [0.25, 0.3) is 44.2 Å². The summed E-state index contributed by atoms with van der Waals surface area (Å²) in [7, 11) is 0. The van der Waals surface area contributed by atoms with E-state index in [1.54, 1.807) is 0 Å². The van der Waals surface area contributed by atoms with E-state index in [1.165, 1.54) is 55.3 Å². The minimum absolute atomic E-state index is 0.451. The quantitative estimate of drug-likeness (QED) is 0.184. The van der Waals surface area contributed by atoms with E-state index >= 15 is 0 Å². The van der Waals surface area contributed by atoms with Crippen molar-refractivity contribution in [2.45, 2.75) is 5.41 Å². The normalized spacial score (nSPS) is 13.2. The van der Waals surface area contributed by atoms with Gasteiger partial charge >= 0.3 is 0 Å². The maximum Gasteiger partial charge on any atom is 0.0726 e. The van der Waals surface area contributed by atoms with Crippen LogP contribution in [0.4, 0.5) is 17.1 Å². The molecule has 0 aromatic heterocycles. The molecule has 0 radical (unpaired) electrons. The van der Waals surface area contributed by atoms with E-state index in [2.05, 4.69) is 175 Å². The van der Waals surface area contributed by atoms with Gasteiger partial charge in [0.25, 0.3) is 0 Å². The molecule has 2 aliphatic rings. The Bertz CT molecular complexity index is 2520. The van der Waals surface area contributed by atoms with Crippen molar-refractivity contribution in [3.8, 4) is 33.4 Å². The second-order valence-electron chi connectivity index (χ2n) is 12.9. The molecule has 0 N–H and O–H groups in total. The zero-order valence-corrected chi connectivity index (χ0v) is 27.4. The molecule has 1 spiro atoms. The van der Waals surface area contributed by atoms with Gasteiger partial charge in [0, 0.05) is 27.2 Å². The predicted octanol–water partition coefficient (Wildman–Crippen LogP) is 13.0. The van der Waals surface area contributed by atoms with Gasteiger partial charge in [0.1, 0.15) is 0 Å². The SMILES string of the molecule is Clc1ccc(-c2ccc3c(c2N(c2ccccc2)c2cccc4ccccc24)-c2ccccc2C32c3ccccc3-c3ccccc32)cc1. The summed E-state index contributed by atoms with van der Waals surface area (Å²) in [6, 6.07) is 66.3. The summed E-state index contributed by atoms with van der Waals surface area (Å²) in [4.78, 5) is 2.49. The molecule has 0 fully saturated rings. The lowest BCUT2D eigenvalue weighted by molar-refractivity contribution is 0.794. The minimum atomic E-state index is -0.451. The maximum atomic E-state index is 6.49. The summed E-state index contributed by atoms with van der Waals surface area (Å²) >= 11 is 6.49. The van der Waals surface area contributed by atoms with E-state index < -0.39 is 5.41 Å². The molecule has 0 unspecified atom stereocenters. The van der Waals surface area contributed by atoms with Crippen LogP contribution < -0.4 is 4.90 Å². The lowest BCUT2D eigenvalue weighted by Crippen LogP contribution is -2.26. The monoisotopic (exact) mass is 643 g/mol. The number of nitrogens with zero attached hydrogens (tertiary/aromatic N) is 1. The van der Waals surface area contributed by atoms with Gasteiger partial charge in [-0.05, 0) is 80.2 Å². The Balaban J connectivity index is 1.40. The van der Waals surface area contributed by atoms with E-state index in [1.807, 2.05) is 12.1 Å². The van der Waals surface area contributed by atoms with Gasteiger partial charge in [-0.25, -0.2) is 0 Å². The van der Waals surface area contributed by atoms with Crippen molar-refractivity contribution in [2.75, 3.05) is 4.90 Å². The first kappa shape index (κ1) is 28.2. The Hall–Kier alpha value is -5.89. The molecule has 2 aliphatic carbocycles. The minimum Gasteiger partial charge on any atom is -0.309 e. The second-order valence-corrected chi connectivity index (χ2v) is 13.4. The number of halogens is 1. The summed E-state index contributed by atoms with van der Waals surface area (Å²) in [5, 5.41) is 3.13. The van der Waals surface area contributed by atoms with E-state index in [4.69, 9.17) is 11.6 Å². The lowest BCUT2D eigenvalue weighted by Gasteiger charge is -2.33. The molecule has 0 saturated carbocycles. The number of para-hydroxylation sites is 1. The molecular weight excluding hydrogens is 614 g/mol. The van der Waals surface area contributed by atoms with Crippen LogP contribution in [0.5, 0.6) is 0 Å². The zero-order valence-electron chi connectivity index (χ0n) is 26.6. The Kier molecular flexibility index (Phi) is 6.22. The first-order valence-electron chi connectivity index (χ1n) is 16.8. The smallest absolute Gasteiger partial charge is 0.0726 e. The van der Waals surface area contributed by atoms with Crippen molar-refractivity contribution in [1.82, 2.24) is 0 Å². The van der Waals surface area contributed by atoms with Crippen LogP contribution >= 0.6 is 11.6 Å². The molecule has 8 aromatic rings. The molecule has 1 nitrogen and oxygen atoms in total. The summed E-state index contributed by atoms with van der Waals surface area (Å²) in [5.41, 5.74) is 15.6. The fourth-order valence-corrected chi connectivity index (χ4v) is 8.75. The molecule has 10 rings (SSSR count). The number of fused-ring (bicyclic) bond motifs is 11. The van der Waals surface area contributed by atoms with Crippen molar-refractivity contribution in [3.63, 3.8) is 0 Å². The number of anilines is 3. The summed E-state index contributed by atoms with van der Waals surface area (Å²) < 4.78 is 0. The molecule has 0 bridgehead atoms. The van der Waals surface area contributed by atoms with Gasteiger partial charge < -0.3 is 4.90 Å². The summed E-state index contributed by atoms with van der Waals surface area (Å²) in [5.74, 6) is 0. The molecular formula is C47H30ClN. The van der Waals surface area contributed by atoms with Crippen LogP contribution in [0.2, 0.25) is 5.02 Å². The zero-order chi connectivity index (χ0) is 32.5. The highest BCUT2D eigenvalue weighted by Crippen LogP contribution is 2.65. The van der Waals surface area contributed by atoms with Gasteiger partial charge in [0.15, 0.2) is 0 Å². The molecule has 8 aromatic carbocycles. The van der Waals surface area contributed by atoms with E-state index in [0.29, 0.717) is 0 Å². The van der Waals surface area contributed by atoms with Gasteiger partial charge in [0.05, 0.1) is 16.8 Å². The third-order valence-corrected chi connectivity index (χ3v) is 10.8. The third kappa shape index (κ3) is 3.94. The van der Waals surface area contributed by atoms with E-state index in [0.717, 1.165) is 33.2 Å². The Labute approximate surface area is 291 Å². The maximum absolute atomic E-state index is 6.49. The molecule has 230 valence electrons. The fraction of sp³-hybridized carbons (Fsp3) is 0.0213. The Morgan fingerprint density at radius 3 is 1.69 bits per heavy atom. The Morgan fingerprint density at radius 2 is 0.980 bits per heavy atom. The Morgan fingerprint density at radius 1 is 0.408 bits per heavy atom. The van der Waals surface area contributed by atoms with E-state index in [9.17, 15) is 0 Å². The van der Waals surface area contributed by atoms with Gasteiger partial charge in [-0.15, -0.1) is 0 Å². The van der Waals surface area contributed by atoms with Crippen molar-refractivity contribution < 1.29 is 0 Å². The number of hydrogen-bond acceptors (Lipinski definition) is 1. The van der Waals surface area contributed by atoms with Gasteiger partial charge in [0.2, 0.25) is 0 Å². The van der Waals surface area contributed by atoms with Crippen molar-refractivity contribution >= 4 is 39.4 Å².